The SMILES string of the molecule is COC(=O)C(C)(C)Nc1ccc(N2CCC(CO)CC2)cc1. The number of rotatable bonds is 5. The molecule has 122 valence electrons. The van der Waals surface area contributed by atoms with Crippen molar-refractivity contribution in [3.8, 4) is 0 Å². The van der Waals surface area contributed by atoms with Crippen LogP contribution >= 0.6 is 0 Å². The van der Waals surface area contributed by atoms with Gasteiger partial charge < -0.3 is 20.1 Å². The number of anilines is 2. The molecular weight excluding hydrogens is 280 g/mol. The van der Waals surface area contributed by atoms with E-state index in [4.69, 9.17) is 4.74 Å². The lowest BCUT2D eigenvalue weighted by molar-refractivity contribution is -0.144. The Morgan fingerprint density at radius 1 is 1.32 bits per heavy atom. The van der Waals surface area contributed by atoms with Crippen LogP contribution < -0.4 is 10.2 Å². The third kappa shape index (κ3) is 3.91. The third-order valence-corrected chi connectivity index (χ3v) is 4.26. The molecule has 0 aromatic heterocycles. The van der Waals surface area contributed by atoms with Gasteiger partial charge >= 0.3 is 5.97 Å². The third-order valence-electron chi connectivity index (χ3n) is 4.26. The van der Waals surface area contributed by atoms with Gasteiger partial charge in [0.1, 0.15) is 5.54 Å². The summed E-state index contributed by atoms with van der Waals surface area (Å²) in [4.78, 5) is 14.0. The number of nitrogens with one attached hydrogen (secondary N) is 1. The summed E-state index contributed by atoms with van der Waals surface area (Å²) < 4.78 is 4.80. The first-order chi connectivity index (χ1) is 10.5. The largest absolute Gasteiger partial charge is 0.467 e. The number of hydrogen-bond acceptors (Lipinski definition) is 5. The summed E-state index contributed by atoms with van der Waals surface area (Å²) in [6.07, 6.45) is 2.07. The smallest absolute Gasteiger partial charge is 0.330 e. The number of benzene rings is 1. The Balaban J connectivity index is 1.97. The van der Waals surface area contributed by atoms with Crippen molar-refractivity contribution in [3.05, 3.63) is 24.3 Å². The molecule has 22 heavy (non-hydrogen) atoms. The fraction of sp³-hybridized carbons (Fsp3) is 0.588. The zero-order valence-electron chi connectivity index (χ0n) is 13.6. The van der Waals surface area contributed by atoms with Crippen molar-refractivity contribution in [1.82, 2.24) is 0 Å². The Hall–Kier alpha value is -1.75. The molecule has 1 aromatic carbocycles. The molecule has 0 amide bonds. The van der Waals surface area contributed by atoms with Crippen LogP contribution in [0.2, 0.25) is 0 Å². The summed E-state index contributed by atoms with van der Waals surface area (Å²) in [6.45, 7) is 5.84. The number of carbonyl (C=O) groups is 1. The molecule has 1 heterocycles. The van der Waals surface area contributed by atoms with Crippen molar-refractivity contribution in [1.29, 1.82) is 0 Å². The molecule has 2 N–H and O–H groups in total. The second-order valence-electron chi connectivity index (χ2n) is 6.40. The standard InChI is InChI=1S/C17H26N2O3/c1-17(2,16(21)22-3)18-14-4-6-15(7-5-14)19-10-8-13(12-20)9-11-19/h4-7,13,18,20H,8-12H2,1-3H3. The minimum absolute atomic E-state index is 0.289. The van der Waals surface area contributed by atoms with E-state index in [1.165, 1.54) is 12.8 Å². The summed E-state index contributed by atoms with van der Waals surface area (Å²) >= 11 is 0. The van der Waals surface area contributed by atoms with E-state index in [-0.39, 0.29) is 5.97 Å². The van der Waals surface area contributed by atoms with Crippen molar-refractivity contribution < 1.29 is 14.6 Å². The molecule has 0 bridgehead atoms. The lowest BCUT2D eigenvalue weighted by Gasteiger charge is -2.33. The van der Waals surface area contributed by atoms with Crippen LogP contribution in [0, 0.1) is 5.92 Å². The number of aliphatic hydroxyl groups is 1. The highest BCUT2D eigenvalue weighted by Gasteiger charge is 2.28. The van der Waals surface area contributed by atoms with Gasteiger partial charge in [0.2, 0.25) is 0 Å². The van der Waals surface area contributed by atoms with Gasteiger partial charge in [-0.15, -0.1) is 0 Å². The van der Waals surface area contributed by atoms with Crippen LogP contribution in [0.15, 0.2) is 24.3 Å². The van der Waals surface area contributed by atoms with Crippen molar-refractivity contribution in [2.75, 3.05) is 37.0 Å². The van der Waals surface area contributed by atoms with E-state index in [0.29, 0.717) is 12.5 Å². The van der Waals surface area contributed by atoms with Gasteiger partial charge in [-0.05, 0) is 56.9 Å². The molecule has 1 aliphatic heterocycles. The van der Waals surface area contributed by atoms with Gasteiger partial charge in [0.15, 0.2) is 0 Å². The van der Waals surface area contributed by atoms with Crippen molar-refractivity contribution >= 4 is 17.3 Å². The average Bonchev–Trinajstić information content (AvgIpc) is 2.54. The molecule has 0 aliphatic carbocycles. The first-order valence-corrected chi connectivity index (χ1v) is 7.78. The van der Waals surface area contributed by atoms with E-state index < -0.39 is 5.54 Å². The monoisotopic (exact) mass is 306 g/mol. The van der Waals surface area contributed by atoms with Gasteiger partial charge in [0.05, 0.1) is 7.11 Å². The summed E-state index contributed by atoms with van der Waals surface area (Å²) in [6, 6.07) is 8.10. The second kappa shape index (κ2) is 7.01. The summed E-state index contributed by atoms with van der Waals surface area (Å²) in [5, 5.41) is 12.4. The molecule has 5 heteroatoms. The van der Waals surface area contributed by atoms with Crippen LogP contribution in [0.5, 0.6) is 0 Å². The van der Waals surface area contributed by atoms with Crippen LogP contribution in [-0.2, 0) is 9.53 Å². The highest BCUT2D eigenvalue weighted by molar-refractivity contribution is 5.83. The zero-order valence-corrected chi connectivity index (χ0v) is 13.6. The van der Waals surface area contributed by atoms with Gasteiger partial charge in [-0.3, -0.25) is 0 Å². The summed E-state index contributed by atoms with van der Waals surface area (Å²) in [5.41, 5.74) is 1.32. The van der Waals surface area contributed by atoms with Crippen LogP contribution in [0.25, 0.3) is 0 Å². The van der Waals surface area contributed by atoms with Gasteiger partial charge in [0, 0.05) is 31.1 Å². The molecular formula is C17H26N2O3. The number of ether oxygens (including phenoxy) is 1. The minimum atomic E-state index is -0.754. The number of piperidine rings is 1. The Bertz CT molecular complexity index is 491. The Morgan fingerprint density at radius 2 is 1.91 bits per heavy atom. The average molecular weight is 306 g/mol. The maximum Gasteiger partial charge on any atom is 0.330 e. The fourth-order valence-corrected chi connectivity index (χ4v) is 2.80. The molecule has 1 aliphatic rings. The zero-order chi connectivity index (χ0) is 16.2. The van der Waals surface area contributed by atoms with Gasteiger partial charge in [-0.2, -0.15) is 0 Å². The molecule has 0 saturated carbocycles. The van der Waals surface area contributed by atoms with E-state index in [1.807, 2.05) is 12.1 Å². The van der Waals surface area contributed by atoms with Crippen LogP contribution in [0.1, 0.15) is 26.7 Å². The second-order valence-corrected chi connectivity index (χ2v) is 6.40. The van der Waals surface area contributed by atoms with E-state index in [1.54, 1.807) is 13.8 Å². The maximum atomic E-state index is 11.7. The molecule has 0 spiro atoms. The highest BCUT2D eigenvalue weighted by Crippen LogP contribution is 2.25. The van der Waals surface area contributed by atoms with E-state index in [9.17, 15) is 9.90 Å². The first kappa shape index (κ1) is 16.6. The number of esters is 1. The molecule has 2 rings (SSSR count). The number of aliphatic hydroxyl groups excluding tert-OH is 1. The quantitative estimate of drug-likeness (QED) is 0.817. The number of methoxy groups -OCH3 is 1. The molecule has 0 radical (unpaired) electrons. The fourth-order valence-electron chi connectivity index (χ4n) is 2.80. The summed E-state index contributed by atoms with van der Waals surface area (Å²) in [5.74, 6) is 0.153. The molecule has 1 aromatic rings. The van der Waals surface area contributed by atoms with Gasteiger partial charge in [0.25, 0.3) is 0 Å². The topological polar surface area (TPSA) is 61.8 Å². The molecule has 1 saturated heterocycles. The van der Waals surface area contributed by atoms with Gasteiger partial charge in [-0.25, -0.2) is 4.79 Å². The Labute approximate surface area is 132 Å². The molecule has 1 fully saturated rings. The highest BCUT2D eigenvalue weighted by atomic mass is 16.5. The summed E-state index contributed by atoms with van der Waals surface area (Å²) in [7, 11) is 1.39. The molecule has 5 nitrogen and oxygen atoms in total. The van der Waals surface area contributed by atoms with E-state index >= 15 is 0 Å². The van der Waals surface area contributed by atoms with Crippen molar-refractivity contribution in [2.45, 2.75) is 32.2 Å². The van der Waals surface area contributed by atoms with Gasteiger partial charge in [-0.1, -0.05) is 0 Å². The van der Waals surface area contributed by atoms with E-state index in [2.05, 4.69) is 22.3 Å². The number of hydrogen-bond donors (Lipinski definition) is 2. The Morgan fingerprint density at radius 3 is 2.41 bits per heavy atom. The molecule has 0 unspecified atom stereocenters. The number of nitrogens with zero attached hydrogens (tertiary/aromatic N) is 1. The maximum absolute atomic E-state index is 11.7. The predicted molar refractivity (Wildman–Crippen MR) is 88.2 cm³/mol. The normalized spacial score (nSPS) is 16.5. The lowest BCUT2D eigenvalue weighted by atomic mass is 9.97. The van der Waals surface area contributed by atoms with Crippen LogP contribution in [0.3, 0.4) is 0 Å². The Kier molecular flexibility index (Phi) is 5.29. The lowest BCUT2D eigenvalue weighted by Crippen LogP contribution is -2.41. The van der Waals surface area contributed by atoms with Crippen LogP contribution in [0.4, 0.5) is 11.4 Å². The van der Waals surface area contributed by atoms with Crippen LogP contribution in [-0.4, -0.2) is 43.4 Å². The molecule has 0 atom stereocenters. The number of carbonyl (C=O) groups excluding carboxylic acids is 1. The van der Waals surface area contributed by atoms with Crippen molar-refractivity contribution in [3.63, 3.8) is 0 Å². The minimum Gasteiger partial charge on any atom is -0.467 e. The predicted octanol–water partition coefficient (Wildman–Crippen LogP) is 2.26. The first-order valence-electron chi connectivity index (χ1n) is 7.78. The van der Waals surface area contributed by atoms with Crippen molar-refractivity contribution in [2.24, 2.45) is 5.92 Å². The van der Waals surface area contributed by atoms with E-state index in [0.717, 1.165) is 31.6 Å².